The van der Waals surface area contributed by atoms with Crippen LogP contribution in [0.5, 0.6) is 0 Å². The van der Waals surface area contributed by atoms with E-state index in [1.807, 2.05) is 19.2 Å². The quantitative estimate of drug-likeness (QED) is 0.662. The van der Waals surface area contributed by atoms with Gasteiger partial charge in [-0.1, -0.05) is 19.8 Å². The number of aryl methyl sites for hydroxylation is 1. The van der Waals surface area contributed by atoms with Gasteiger partial charge in [-0.25, -0.2) is 9.78 Å². The Kier molecular flexibility index (Phi) is 4.58. The predicted octanol–water partition coefficient (Wildman–Crippen LogP) is 2.00. The zero-order valence-corrected chi connectivity index (χ0v) is 14.6. The number of nitrogens with one attached hydrogen (secondary N) is 1. The number of hydrogen-bond acceptors (Lipinski definition) is 6. The van der Waals surface area contributed by atoms with E-state index >= 15 is 0 Å². The van der Waals surface area contributed by atoms with Crippen molar-refractivity contribution in [1.29, 1.82) is 0 Å². The molecule has 0 radical (unpaired) electrons. The summed E-state index contributed by atoms with van der Waals surface area (Å²) >= 11 is 1.47. The van der Waals surface area contributed by atoms with Crippen molar-refractivity contribution in [3.63, 3.8) is 0 Å². The van der Waals surface area contributed by atoms with Gasteiger partial charge in [-0.2, -0.15) is 0 Å². The van der Waals surface area contributed by atoms with Gasteiger partial charge in [0, 0.05) is 5.38 Å². The van der Waals surface area contributed by atoms with Crippen molar-refractivity contribution in [2.45, 2.75) is 51.7 Å². The summed E-state index contributed by atoms with van der Waals surface area (Å²) in [7, 11) is 0. The van der Waals surface area contributed by atoms with Gasteiger partial charge in [0.15, 0.2) is 0 Å². The molecular weight excluding hydrogens is 330 g/mol. The highest BCUT2D eigenvalue weighted by Crippen LogP contribution is 2.38. The molecule has 2 atom stereocenters. The van der Waals surface area contributed by atoms with Gasteiger partial charge in [0.1, 0.15) is 18.7 Å². The number of nitrogens with zero attached hydrogens (tertiary/aromatic N) is 2. The van der Waals surface area contributed by atoms with E-state index in [0.29, 0.717) is 12.1 Å². The Bertz CT molecular complexity index is 674. The molecule has 2 fully saturated rings. The molecule has 1 aromatic heterocycles. The summed E-state index contributed by atoms with van der Waals surface area (Å²) in [5.41, 5.74) is -0.179. The van der Waals surface area contributed by atoms with Crippen LogP contribution >= 0.6 is 11.3 Å². The van der Waals surface area contributed by atoms with E-state index in [1.54, 1.807) is 0 Å². The summed E-state index contributed by atoms with van der Waals surface area (Å²) in [4.78, 5) is 42.1. The first-order chi connectivity index (χ1) is 11.4. The van der Waals surface area contributed by atoms with Crippen molar-refractivity contribution in [3.05, 3.63) is 16.1 Å². The summed E-state index contributed by atoms with van der Waals surface area (Å²) in [6, 6.07) is -0.504. The first-order valence-electron chi connectivity index (χ1n) is 8.13. The minimum Gasteiger partial charge on any atom is -0.458 e. The Hall–Kier alpha value is -1.96. The second-order valence-corrected chi connectivity index (χ2v) is 7.52. The van der Waals surface area contributed by atoms with Crippen LogP contribution in [-0.4, -0.2) is 39.9 Å². The number of rotatable bonds is 4. The van der Waals surface area contributed by atoms with E-state index in [0.717, 1.165) is 29.2 Å². The minimum atomic E-state index is -0.846. The van der Waals surface area contributed by atoms with E-state index < -0.39 is 17.5 Å². The highest BCUT2D eigenvalue weighted by molar-refractivity contribution is 7.09. The second kappa shape index (κ2) is 6.51. The molecule has 7 nitrogen and oxygen atoms in total. The van der Waals surface area contributed by atoms with Crippen LogP contribution in [-0.2, 0) is 20.9 Å². The van der Waals surface area contributed by atoms with Crippen LogP contribution in [0, 0.1) is 12.8 Å². The number of thiazole rings is 1. The van der Waals surface area contributed by atoms with Crippen molar-refractivity contribution in [2.24, 2.45) is 5.92 Å². The van der Waals surface area contributed by atoms with Crippen molar-refractivity contribution in [1.82, 2.24) is 15.2 Å². The third-order valence-corrected chi connectivity index (χ3v) is 5.66. The van der Waals surface area contributed by atoms with Gasteiger partial charge in [-0.05, 0) is 25.7 Å². The molecule has 0 aromatic carbocycles. The lowest BCUT2D eigenvalue weighted by molar-refractivity contribution is -0.149. The van der Waals surface area contributed by atoms with Crippen LogP contribution in [0.3, 0.4) is 0 Å². The number of hydrogen-bond donors (Lipinski definition) is 1. The van der Waals surface area contributed by atoms with Gasteiger partial charge in [-0.15, -0.1) is 11.3 Å². The standard InChI is InChI=1S/C16H21N3O4S/c1-10-5-3-4-6-16(10)14(21)19(15(22)18-16)7-13(20)23-8-12-9-24-11(2)17-12/h9-10H,3-8H2,1-2H3,(H,18,22)/t10-,16-/m0/s1. The van der Waals surface area contributed by atoms with Gasteiger partial charge in [0.25, 0.3) is 5.91 Å². The molecule has 1 saturated carbocycles. The van der Waals surface area contributed by atoms with E-state index in [4.69, 9.17) is 4.74 Å². The van der Waals surface area contributed by atoms with E-state index in [2.05, 4.69) is 10.3 Å². The largest absolute Gasteiger partial charge is 0.458 e. The Labute approximate surface area is 144 Å². The van der Waals surface area contributed by atoms with Gasteiger partial charge in [-0.3, -0.25) is 14.5 Å². The molecule has 1 saturated heterocycles. The van der Waals surface area contributed by atoms with Crippen LogP contribution in [0.2, 0.25) is 0 Å². The van der Waals surface area contributed by atoms with Crippen LogP contribution in [0.4, 0.5) is 4.79 Å². The topological polar surface area (TPSA) is 88.6 Å². The van der Waals surface area contributed by atoms with Gasteiger partial charge < -0.3 is 10.1 Å². The third kappa shape index (κ3) is 3.02. The summed E-state index contributed by atoms with van der Waals surface area (Å²) < 4.78 is 5.13. The molecule has 8 heteroatoms. The molecule has 130 valence electrons. The molecule has 2 aliphatic rings. The number of amides is 3. The van der Waals surface area contributed by atoms with E-state index in [9.17, 15) is 14.4 Å². The highest BCUT2D eigenvalue weighted by Gasteiger charge is 2.55. The summed E-state index contributed by atoms with van der Waals surface area (Å²) in [5, 5.41) is 5.53. The highest BCUT2D eigenvalue weighted by atomic mass is 32.1. The number of carbonyl (C=O) groups is 3. The third-order valence-electron chi connectivity index (χ3n) is 4.84. The Morgan fingerprint density at radius 1 is 1.50 bits per heavy atom. The van der Waals surface area contributed by atoms with Gasteiger partial charge >= 0.3 is 12.0 Å². The van der Waals surface area contributed by atoms with Crippen LogP contribution in [0.1, 0.15) is 43.3 Å². The molecular formula is C16H21N3O4S. The zero-order chi connectivity index (χ0) is 17.3. The molecule has 1 aliphatic carbocycles. The minimum absolute atomic E-state index is 0.0500. The molecule has 1 N–H and O–H groups in total. The molecule has 0 bridgehead atoms. The molecule has 3 amide bonds. The average Bonchev–Trinajstić information content (AvgIpc) is 3.06. The van der Waals surface area contributed by atoms with Crippen LogP contribution in [0.25, 0.3) is 0 Å². The van der Waals surface area contributed by atoms with Crippen molar-refractivity contribution in [3.8, 4) is 0 Å². The normalized spacial score (nSPS) is 26.8. The lowest BCUT2D eigenvalue weighted by Gasteiger charge is -2.36. The lowest BCUT2D eigenvalue weighted by atomic mass is 9.73. The summed E-state index contributed by atoms with van der Waals surface area (Å²) in [6.07, 6.45) is 3.48. The summed E-state index contributed by atoms with van der Waals surface area (Å²) in [5.74, 6) is -0.840. The molecule has 24 heavy (non-hydrogen) atoms. The van der Waals surface area contributed by atoms with E-state index in [-0.39, 0.29) is 25.0 Å². The number of aromatic nitrogens is 1. The maximum atomic E-state index is 12.7. The fraction of sp³-hybridized carbons (Fsp3) is 0.625. The maximum absolute atomic E-state index is 12.7. The monoisotopic (exact) mass is 351 g/mol. The Morgan fingerprint density at radius 3 is 2.96 bits per heavy atom. The first-order valence-corrected chi connectivity index (χ1v) is 9.01. The lowest BCUT2D eigenvalue weighted by Crippen LogP contribution is -2.54. The number of carbonyl (C=O) groups excluding carboxylic acids is 3. The zero-order valence-electron chi connectivity index (χ0n) is 13.8. The van der Waals surface area contributed by atoms with Crippen LogP contribution in [0.15, 0.2) is 5.38 Å². The molecule has 3 rings (SSSR count). The summed E-state index contributed by atoms with van der Waals surface area (Å²) in [6.45, 7) is 3.54. The van der Waals surface area contributed by atoms with Gasteiger partial charge in [0.2, 0.25) is 0 Å². The van der Waals surface area contributed by atoms with Gasteiger partial charge in [0.05, 0.1) is 10.7 Å². The smallest absolute Gasteiger partial charge is 0.326 e. The maximum Gasteiger partial charge on any atom is 0.326 e. The molecule has 1 aliphatic heterocycles. The van der Waals surface area contributed by atoms with E-state index in [1.165, 1.54) is 11.3 Å². The van der Waals surface area contributed by atoms with Crippen molar-refractivity contribution >= 4 is 29.2 Å². The second-order valence-electron chi connectivity index (χ2n) is 6.46. The Balaban J connectivity index is 1.61. The SMILES string of the molecule is Cc1nc(COC(=O)CN2C(=O)N[C@]3(CCCC[C@@H]3C)C2=O)cs1. The molecule has 2 heterocycles. The number of imide groups is 1. The number of esters is 1. The predicted molar refractivity (Wildman–Crippen MR) is 87.3 cm³/mol. The first kappa shape index (κ1) is 16.9. The number of ether oxygens (including phenoxy) is 1. The van der Waals surface area contributed by atoms with Crippen molar-refractivity contribution in [2.75, 3.05) is 6.54 Å². The molecule has 1 aromatic rings. The number of urea groups is 1. The van der Waals surface area contributed by atoms with Crippen molar-refractivity contribution < 1.29 is 19.1 Å². The molecule has 1 spiro atoms. The van der Waals surface area contributed by atoms with Crippen LogP contribution < -0.4 is 5.32 Å². The Morgan fingerprint density at radius 2 is 2.29 bits per heavy atom. The molecule has 0 unspecified atom stereocenters. The fourth-order valence-corrected chi connectivity index (χ4v) is 4.04. The average molecular weight is 351 g/mol. The fourth-order valence-electron chi connectivity index (χ4n) is 3.44.